The van der Waals surface area contributed by atoms with Crippen molar-refractivity contribution in [1.29, 1.82) is 0 Å². The summed E-state index contributed by atoms with van der Waals surface area (Å²) in [6.45, 7) is 0. The summed E-state index contributed by atoms with van der Waals surface area (Å²) < 4.78 is 0. The van der Waals surface area contributed by atoms with E-state index in [9.17, 15) is 9.90 Å². The van der Waals surface area contributed by atoms with Gasteiger partial charge in [-0.15, -0.1) is 0 Å². The van der Waals surface area contributed by atoms with Gasteiger partial charge in [-0.3, -0.25) is 4.79 Å². The Bertz CT molecular complexity index is 394. The molecule has 1 aliphatic carbocycles. The van der Waals surface area contributed by atoms with Crippen LogP contribution in [-0.4, -0.2) is 22.4 Å². The van der Waals surface area contributed by atoms with Crippen LogP contribution < -0.4 is 5.32 Å². The third-order valence-corrected chi connectivity index (χ3v) is 3.24. The van der Waals surface area contributed by atoms with Crippen LogP contribution in [-0.2, 0) is 11.2 Å². The molecule has 2 N–H and O–H groups in total. The molecule has 1 aromatic rings. The Hall–Kier alpha value is -0.870. The monoisotopic (exact) mass is 283 g/mol. The van der Waals surface area contributed by atoms with Crippen molar-refractivity contribution in [2.24, 2.45) is 0 Å². The number of benzene rings is 1. The smallest absolute Gasteiger partial charge is 0.221 e. The molecule has 1 aliphatic rings. The number of carbonyl (C=O) groups is 1. The van der Waals surface area contributed by atoms with E-state index in [4.69, 9.17) is 0 Å². The van der Waals surface area contributed by atoms with Crippen molar-refractivity contribution < 1.29 is 9.90 Å². The van der Waals surface area contributed by atoms with Crippen molar-refractivity contribution in [3.63, 3.8) is 0 Å². The van der Waals surface area contributed by atoms with Crippen molar-refractivity contribution in [2.45, 2.75) is 25.0 Å². The van der Waals surface area contributed by atoms with Gasteiger partial charge in [0.2, 0.25) is 5.91 Å². The molecular weight excluding hydrogens is 270 g/mol. The summed E-state index contributed by atoms with van der Waals surface area (Å²) in [7, 11) is 0. The average molecular weight is 284 g/mol. The summed E-state index contributed by atoms with van der Waals surface area (Å²) >= 11 is 3.22. The largest absolute Gasteiger partial charge is 0.390 e. The van der Waals surface area contributed by atoms with Gasteiger partial charge in [0.15, 0.2) is 0 Å². The number of aliphatic hydroxyl groups is 1. The van der Waals surface area contributed by atoms with Gasteiger partial charge in [0.25, 0.3) is 0 Å². The van der Waals surface area contributed by atoms with Gasteiger partial charge >= 0.3 is 0 Å². The van der Waals surface area contributed by atoms with E-state index in [-0.39, 0.29) is 11.9 Å². The molecule has 0 fully saturated rings. The second kappa shape index (κ2) is 4.97. The van der Waals surface area contributed by atoms with E-state index in [0.717, 1.165) is 11.1 Å². The minimum Gasteiger partial charge on any atom is -0.390 e. The van der Waals surface area contributed by atoms with Gasteiger partial charge < -0.3 is 10.4 Å². The van der Waals surface area contributed by atoms with Gasteiger partial charge in [0.05, 0.1) is 12.1 Å². The summed E-state index contributed by atoms with van der Waals surface area (Å²) in [5.74, 6) is -0.0300. The number of aliphatic hydroxyl groups excluding tert-OH is 1. The number of fused-ring (bicyclic) bond motifs is 1. The number of alkyl halides is 1. The van der Waals surface area contributed by atoms with Gasteiger partial charge in [-0.25, -0.2) is 0 Å². The van der Waals surface area contributed by atoms with Crippen LogP contribution in [0.25, 0.3) is 0 Å². The van der Waals surface area contributed by atoms with Crippen LogP contribution in [0.2, 0.25) is 0 Å². The van der Waals surface area contributed by atoms with Crippen molar-refractivity contribution >= 4 is 21.8 Å². The Labute approximate surface area is 103 Å². The first-order valence-electron chi connectivity index (χ1n) is 5.33. The molecule has 0 heterocycles. The maximum atomic E-state index is 11.5. The van der Waals surface area contributed by atoms with Crippen LogP contribution in [0.3, 0.4) is 0 Å². The van der Waals surface area contributed by atoms with Gasteiger partial charge in [0, 0.05) is 18.2 Å². The molecule has 0 bridgehead atoms. The molecule has 0 saturated heterocycles. The molecule has 2 rings (SSSR count). The molecule has 0 saturated carbocycles. The van der Waals surface area contributed by atoms with Crippen LogP contribution in [0.5, 0.6) is 0 Å². The van der Waals surface area contributed by atoms with E-state index in [0.29, 0.717) is 18.2 Å². The summed E-state index contributed by atoms with van der Waals surface area (Å²) in [4.78, 5) is 11.5. The molecule has 1 aromatic carbocycles. The number of hydrogen-bond donors (Lipinski definition) is 2. The highest BCUT2D eigenvalue weighted by Gasteiger charge is 2.31. The molecule has 0 aromatic heterocycles. The zero-order valence-corrected chi connectivity index (χ0v) is 10.4. The molecule has 3 nitrogen and oxygen atoms in total. The molecule has 0 radical (unpaired) electrons. The normalized spacial score (nSPS) is 22.9. The highest BCUT2D eigenvalue weighted by molar-refractivity contribution is 9.09. The number of amides is 1. The topological polar surface area (TPSA) is 49.3 Å². The van der Waals surface area contributed by atoms with Crippen molar-refractivity contribution in [3.05, 3.63) is 35.4 Å². The Morgan fingerprint density at radius 2 is 2.25 bits per heavy atom. The Morgan fingerprint density at radius 3 is 3.00 bits per heavy atom. The Kier molecular flexibility index (Phi) is 3.61. The number of rotatable bonds is 3. The average Bonchev–Trinajstić information content (AvgIpc) is 2.56. The third-order valence-electron chi connectivity index (χ3n) is 2.84. The van der Waals surface area contributed by atoms with E-state index in [1.54, 1.807) is 0 Å². The molecule has 16 heavy (non-hydrogen) atoms. The highest BCUT2D eigenvalue weighted by atomic mass is 79.9. The second-order valence-corrected chi connectivity index (χ2v) is 4.75. The highest BCUT2D eigenvalue weighted by Crippen LogP contribution is 2.31. The van der Waals surface area contributed by atoms with E-state index in [2.05, 4.69) is 21.2 Å². The number of hydrogen-bond acceptors (Lipinski definition) is 2. The van der Waals surface area contributed by atoms with Gasteiger partial charge in [-0.2, -0.15) is 0 Å². The quantitative estimate of drug-likeness (QED) is 0.827. The molecule has 2 atom stereocenters. The van der Waals surface area contributed by atoms with E-state index in [1.807, 2.05) is 24.3 Å². The summed E-state index contributed by atoms with van der Waals surface area (Å²) in [5, 5.41) is 13.4. The third kappa shape index (κ3) is 2.28. The maximum Gasteiger partial charge on any atom is 0.221 e. The number of carbonyl (C=O) groups excluding carboxylic acids is 1. The molecule has 0 unspecified atom stereocenters. The van der Waals surface area contributed by atoms with Crippen LogP contribution in [0.1, 0.15) is 23.6 Å². The lowest BCUT2D eigenvalue weighted by atomic mass is 10.1. The Balaban J connectivity index is 2.13. The van der Waals surface area contributed by atoms with E-state index >= 15 is 0 Å². The lowest BCUT2D eigenvalue weighted by Crippen LogP contribution is -2.33. The van der Waals surface area contributed by atoms with Gasteiger partial charge in [-0.1, -0.05) is 40.2 Å². The van der Waals surface area contributed by atoms with Crippen LogP contribution in [0, 0.1) is 0 Å². The first-order chi connectivity index (χ1) is 7.72. The second-order valence-electron chi connectivity index (χ2n) is 3.95. The van der Waals surface area contributed by atoms with Crippen molar-refractivity contribution in [1.82, 2.24) is 5.32 Å². The molecule has 1 amide bonds. The molecule has 86 valence electrons. The SMILES string of the molecule is O=C(CCBr)N[C@H]1c2ccccc2C[C@H]1O. The lowest BCUT2D eigenvalue weighted by molar-refractivity contribution is -0.122. The zero-order valence-electron chi connectivity index (χ0n) is 8.82. The van der Waals surface area contributed by atoms with Crippen molar-refractivity contribution in [2.75, 3.05) is 5.33 Å². The zero-order chi connectivity index (χ0) is 11.5. The van der Waals surface area contributed by atoms with Gasteiger partial charge in [-0.05, 0) is 11.1 Å². The van der Waals surface area contributed by atoms with Crippen LogP contribution in [0.15, 0.2) is 24.3 Å². The Morgan fingerprint density at radius 1 is 1.50 bits per heavy atom. The van der Waals surface area contributed by atoms with E-state index in [1.165, 1.54) is 0 Å². The lowest BCUT2D eigenvalue weighted by Gasteiger charge is -2.17. The van der Waals surface area contributed by atoms with Crippen molar-refractivity contribution in [3.8, 4) is 0 Å². The van der Waals surface area contributed by atoms with E-state index < -0.39 is 6.10 Å². The molecule has 0 aliphatic heterocycles. The fourth-order valence-electron chi connectivity index (χ4n) is 2.08. The number of nitrogens with one attached hydrogen (secondary N) is 1. The minimum absolute atomic E-state index is 0.0300. The predicted octanol–water partition coefficient (Wildman–Crippen LogP) is 1.55. The maximum absolute atomic E-state index is 11.5. The predicted molar refractivity (Wildman–Crippen MR) is 65.4 cm³/mol. The fraction of sp³-hybridized carbons (Fsp3) is 0.417. The first-order valence-corrected chi connectivity index (χ1v) is 6.45. The summed E-state index contributed by atoms with van der Waals surface area (Å²) in [6, 6.07) is 7.59. The number of halogens is 1. The summed E-state index contributed by atoms with van der Waals surface area (Å²) in [5.41, 5.74) is 2.16. The molecule has 4 heteroatoms. The standard InChI is InChI=1S/C12H14BrNO2/c13-6-5-11(16)14-12-9-4-2-1-3-8(9)7-10(12)15/h1-4,10,12,15H,5-7H2,(H,14,16)/t10-,12+/m1/s1. The fourth-order valence-corrected chi connectivity index (χ4v) is 2.44. The summed E-state index contributed by atoms with van der Waals surface area (Å²) in [6.07, 6.45) is 0.553. The van der Waals surface area contributed by atoms with Crippen LogP contribution >= 0.6 is 15.9 Å². The minimum atomic E-state index is -0.503. The first kappa shape index (κ1) is 11.6. The van der Waals surface area contributed by atoms with Gasteiger partial charge in [0.1, 0.15) is 0 Å². The molecular formula is C12H14BrNO2. The van der Waals surface area contributed by atoms with Crippen LogP contribution in [0.4, 0.5) is 0 Å². The molecule has 0 spiro atoms.